The summed E-state index contributed by atoms with van der Waals surface area (Å²) in [5.41, 5.74) is 11.4. The summed E-state index contributed by atoms with van der Waals surface area (Å²) in [6, 6.07) is 32.8. The molecular weight excluding hydrogens is 623 g/mol. The first kappa shape index (κ1) is 30.1. The summed E-state index contributed by atoms with van der Waals surface area (Å²) in [5.74, 6) is 1.58. The summed E-state index contributed by atoms with van der Waals surface area (Å²) in [6.45, 7) is 0. The van der Waals surface area contributed by atoms with Crippen LogP contribution in [-0.4, -0.2) is 36.4 Å². The van der Waals surface area contributed by atoms with Crippen LogP contribution in [0.1, 0.15) is 5.56 Å². The number of ether oxygens (including phenoxy) is 2. The maximum atomic E-state index is 8.70. The lowest BCUT2D eigenvalue weighted by atomic mass is 9.80. The lowest BCUT2D eigenvalue weighted by Gasteiger charge is -2.01. The highest BCUT2D eigenvalue weighted by molar-refractivity contribution is 9.28. The smallest absolute Gasteiger partial charge is 0.488 e. The Balaban J connectivity index is 0.000000169. The first-order valence-corrected chi connectivity index (χ1v) is 13.5. The van der Waals surface area contributed by atoms with Gasteiger partial charge in [0.1, 0.15) is 11.5 Å². The van der Waals surface area contributed by atoms with Gasteiger partial charge in [0.25, 0.3) is 0 Å². The van der Waals surface area contributed by atoms with Gasteiger partial charge in [0.05, 0.1) is 17.6 Å². The zero-order valence-electron chi connectivity index (χ0n) is 21.5. The second-order valence-corrected chi connectivity index (χ2v) is 11.0. The first-order chi connectivity index (χ1) is 18.8. The van der Waals surface area contributed by atoms with Gasteiger partial charge in [-0.15, -0.1) is 0 Å². The van der Waals surface area contributed by atoms with Crippen LogP contribution in [0.25, 0.3) is 28.2 Å². The van der Waals surface area contributed by atoms with Crippen molar-refractivity contribution in [1.82, 2.24) is 4.98 Å². The molecule has 5 N–H and O–H groups in total. The molecule has 5 aromatic rings. The molecule has 9 heteroatoms. The number of aromatic amines is 1. The Morgan fingerprint density at radius 2 is 1.36 bits per heavy atom. The van der Waals surface area contributed by atoms with Gasteiger partial charge in [-0.25, -0.2) is 0 Å². The fraction of sp³-hybridized carbons (Fsp3) is 0.0667. The molecule has 0 bridgehead atoms. The monoisotopic (exact) mass is 650 g/mol. The van der Waals surface area contributed by atoms with Crippen LogP contribution in [-0.2, 0) is 0 Å². The molecule has 0 atom stereocenters. The van der Waals surface area contributed by atoms with Crippen LogP contribution in [0.2, 0.25) is 0 Å². The highest BCUT2D eigenvalue weighted by atomic mass is 79.9. The Hall–Kier alpha value is -3.50. The van der Waals surface area contributed by atoms with Crippen LogP contribution in [0.3, 0.4) is 0 Å². The summed E-state index contributed by atoms with van der Waals surface area (Å²) >= 11 is 6.53. The molecule has 1 heterocycles. The number of hydrogen-bond donors (Lipinski definition) is 4. The van der Waals surface area contributed by atoms with Gasteiger partial charge in [-0.3, -0.25) is 0 Å². The Morgan fingerprint density at radius 3 is 1.90 bits per heavy atom. The Kier molecular flexibility index (Phi) is 11.7. The number of hydrogen-bond acceptors (Lipinski definition) is 5. The Bertz CT molecular complexity index is 1450. The van der Waals surface area contributed by atoms with E-state index in [9.17, 15) is 0 Å². The van der Waals surface area contributed by atoms with E-state index in [1.54, 1.807) is 38.5 Å². The zero-order chi connectivity index (χ0) is 28.2. The summed E-state index contributed by atoms with van der Waals surface area (Å²) in [5, 5.41) is 18.6. The fourth-order valence-electron chi connectivity index (χ4n) is 3.54. The van der Waals surface area contributed by atoms with Crippen molar-refractivity contribution in [2.24, 2.45) is 0 Å². The van der Waals surface area contributed by atoms with Gasteiger partial charge in [0.15, 0.2) is 0 Å². The SMILES string of the molecule is COc1ccc(-c2cc3ccccc3[nH]2)cc1.COc1ccc(B(O)O)cc1.Nc1ccccc1C=C(Br)Br. The molecule has 0 aliphatic heterocycles. The summed E-state index contributed by atoms with van der Waals surface area (Å²) in [6.07, 6.45) is 1.91. The third-order valence-electron chi connectivity index (χ3n) is 5.61. The molecule has 6 nitrogen and oxygen atoms in total. The van der Waals surface area contributed by atoms with Crippen LogP contribution in [0, 0.1) is 0 Å². The van der Waals surface area contributed by atoms with E-state index in [-0.39, 0.29) is 0 Å². The molecule has 200 valence electrons. The Labute approximate surface area is 245 Å². The predicted octanol–water partition coefficient (Wildman–Crippen LogP) is 6.58. The lowest BCUT2D eigenvalue weighted by molar-refractivity contribution is 0.414. The van der Waals surface area contributed by atoms with Crippen LogP contribution >= 0.6 is 31.9 Å². The molecule has 0 aliphatic rings. The molecule has 0 unspecified atom stereocenters. The number of fused-ring (bicyclic) bond motifs is 1. The van der Waals surface area contributed by atoms with E-state index in [4.69, 9.17) is 25.3 Å². The first-order valence-electron chi connectivity index (χ1n) is 11.9. The highest BCUT2D eigenvalue weighted by Crippen LogP contribution is 2.25. The quantitative estimate of drug-likeness (QED) is 0.127. The number of nitrogens with one attached hydrogen (secondary N) is 1. The molecule has 5 rings (SSSR count). The summed E-state index contributed by atoms with van der Waals surface area (Å²) in [7, 11) is 1.84. The van der Waals surface area contributed by atoms with Gasteiger partial charge in [0, 0.05) is 22.3 Å². The molecule has 0 aliphatic carbocycles. The van der Waals surface area contributed by atoms with E-state index in [1.165, 1.54) is 16.5 Å². The van der Waals surface area contributed by atoms with Crippen molar-refractivity contribution in [3.05, 3.63) is 112 Å². The topological polar surface area (TPSA) is 101 Å². The zero-order valence-corrected chi connectivity index (χ0v) is 24.7. The molecule has 4 aromatic carbocycles. The van der Waals surface area contributed by atoms with Crippen molar-refractivity contribution in [3.63, 3.8) is 0 Å². The Morgan fingerprint density at radius 1 is 0.795 bits per heavy atom. The minimum absolute atomic E-state index is 0.464. The van der Waals surface area contributed by atoms with E-state index >= 15 is 0 Å². The average molecular weight is 652 g/mol. The molecule has 0 saturated carbocycles. The fourth-order valence-corrected chi connectivity index (χ4v) is 4.03. The van der Waals surface area contributed by atoms with Crippen LogP contribution < -0.4 is 20.7 Å². The largest absolute Gasteiger partial charge is 0.497 e. The highest BCUT2D eigenvalue weighted by Gasteiger charge is 2.09. The number of nitrogens with two attached hydrogens (primary N) is 1. The number of halogens is 2. The van der Waals surface area contributed by atoms with Crippen molar-refractivity contribution in [2.45, 2.75) is 0 Å². The average Bonchev–Trinajstić information content (AvgIpc) is 3.39. The van der Waals surface area contributed by atoms with E-state index < -0.39 is 7.12 Å². The number of methoxy groups -OCH3 is 2. The molecule has 0 radical (unpaired) electrons. The third kappa shape index (κ3) is 9.33. The van der Waals surface area contributed by atoms with Crippen molar-refractivity contribution < 1.29 is 19.5 Å². The molecular formula is C30H29BBr2N2O4. The molecule has 0 fully saturated rings. The number of benzene rings is 4. The van der Waals surface area contributed by atoms with Crippen molar-refractivity contribution >= 4 is 67.1 Å². The molecule has 1 aromatic heterocycles. The minimum atomic E-state index is -1.40. The number of anilines is 1. The second-order valence-electron chi connectivity index (χ2n) is 8.21. The van der Waals surface area contributed by atoms with E-state index in [1.807, 2.05) is 54.6 Å². The van der Waals surface area contributed by atoms with Gasteiger partial charge in [-0.1, -0.05) is 48.5 Å². The summed E-state index contributed by atoms with van der Waals surface area (Å²) in [4.78, 5) is 3.41. The van der Waals surface area contributed by atoms with Crippen LogP contribution in [0.15, 0.2) is 107 Å². The van der Waals surface area contributed by atoms with E-state index in [0.29, 0.717) is 11.2 Å². The number of H-pyrrole nitrogens is 1. The lowest BCUT2D eigenvalue weighted by Crippen LogP contribution is -2.29. The van der Waals surface area contributed by atoms with E-state index in [0.717, 1.165) is 26.1 Å². The molecule has 39 heavy (non-hydrogen) atoms. The third-order valence-corrected chi connectivity index (χ3v) is 6.06. The summed E-state index contributed by atoms with van der Waals surface area (Å²) < 4.78 is 10.9. The van der Waals surface area contributed by atoms with Gasteiger partial charge in [0.2, 0.25) is 0 Å². The van der Waals surface area contributed by atoms with Crippen LogP contribution in [0.4, 0.5) is 5.69 Å². The van der Waals surface area contributed by atoms with Crippen LogP contribution in [0.5, 0.6) is 11.5 Å². The standard InChI is InChI=1S/C15H13NO.C8H7Br2N.C7H9BO3/c1-17-13-8-6-11(7-9-13)15-10-12-4-2-3-5-14(12)16-15;9-8(10)5-6-3-1-2-4-7(6)11;1-11-7-4-2-6(3-5-7)8(9)10/h2-10,16H,1H3;1-5H,11H2;2-5,9-10H,1H3. The molecule has 0 spiro atoms. The second kappa shape index (κ2) is 15.2. The minimum Gasteiger partial charge on any atom is -0.497 e. The van der Waals surface area contributed by atoms with Gasteiger partial charge in [-0.05, 0) is 109 Å². The number of rotatable bonds is 5. The number of nitrogen functional groups attached to an aromatic ring is 1. The van der Waals surface area contributed by atoms with Crippen molar-refractivity contribution in [3.8, 4) is 22.8 Å². The van der Waals surface area contributed by atoms with Gasteiger partial charge in [-0.2, -0.15) is 0 Å². The predicted molar refractivity (Wildman–Crippen MR) is 170 cm³/mol. The number of aromatic nitrogens is 1. The van der Waals surface area contributed by atoms with Gasteiger partial charge < -0.3 is 30.2 Å². The maximum absolute atomic E-state index is 8.70. The molecule has 0 saturated heterocycles. The van der Waals surface area contributed by atoms with Crippen molar-refractivity contribution in [1.29, 1.82) is 0 Å². The molecule has 0 amide bonds. The van der Waals surface area contributed by atoms with E-state index in [2.05, 4.69) is 67.2 Å². The number of para-hydroxylation sites is 2. The maximum Gasteiger partial charge on any atom is 0.488 e. The van der Waals surface area contributed by atoms with Crippen molar-refractivity contribution in [2.75, 3.05) is 20.0 Å². The normalized spacial score (nSPS) is 9.90. The van der Waals surface area contributed by atoms with Gasteiger partial charge >= 0.3 is 7.12 Å².